The van der Waals surface area contributed by atoms with Crippen molar-refractivity contribution in [3.05, 3.63) is 11.8 Å². The minimum Gasteiger partial charge on any atom is -0.379 e. The first-order valence-electron chi connectivity index (χ1n) is 4.69. The van der Waals surface area contributed by atoms with Gasteiger partial charge in [-0.05, 0) is 0 Å². The van der Waals surface area contributed by atoms with Gasteiger partial charge in [0.05, 0.1) is 0 Å². The maximum atomic E-state index is 11.6. The van der Waals surface area contributed by atoms with E-state index in [9.17, 15) is 9.59 Å². The largest absolute Gasteiger partial charge is 0.379 e. The van der Waals surface area contributed by atoms with E-state index in [2.05, 4.69) is 10.6 Å². The van der Waals surface area contributed by atoms with Gasteiger partial charge < -0.3 is 10.6 Å². The molecule has 0 aromatic heterocycles. The SMILES string of the molecule is CC(C)(C)C(=O)/C=C1/NCCNC1=O. The molecule has 14 heavy (non-hydrogen) atoms. The van der Waals surface area contributed by atoms with Gasteiger partial charge in [0.15, 0.2) is 5.78 Å². The van der Waals surface area contributed by atoms with Crippen LogP contribution in [0, 0.1) is 5.41 Å². The van der Waals surface area contributed by atoms with Crippen molar-refractivity contribution in [3.63, 3.8) is 0 Å². The number of piperazine rings is 1. The van der Waals surface area contributed by atoms with Crippen LogP contribution < -0.4 is 10.6 Å². The van der Waals surface area contributed by atoms with Crippen LogP contribution in [0.3, 0.4) is 0 Å². The Morgan fingerprint density at radius 2 is 1.86 bits per heavy atom. The second kappa shape index (κ2) is 3.82. The van der Waals surface area contributed by atoms with Crippen LogP contribution in [0.5, 0.6) is 0 Å². The first-order chi connectivity index (χ1) is 6.41. The summed E-state index contributed by atoms with van der Waals surface area (Å²) >= 11 is 0. The van der Waals surface area contributed by atoms with E-state index in [1.54, 1.807) is 0 Å². The standard InChI is InChI=1S/C10H16N2O2/c1-10(2,3)8(13)6-7-9(14)12-5-4-11-7/h6,11H,4-5H2,1-3H3,(H,12,14)/b7-6+. The van der Waals surface area contributed by atoms with Crippen molar-refractivity contribution in [2.45, 2.75) is 20.8 Å². The highest BCUT2D eigenvalue weighted by molar-refractivity contribution is 6.03. The zero-order valence-electron chi connectivity index (χ0n) is 8.81. The van der Waals surface area contributed by atoms with Crippen LogP contribution in [0.25, 0.3) is 0 Å². The Hall–Kier alpha value is -1.32. The molecule has 78 valence electrons. The van der Waals surface area contributed by atoms with Crippen LogP contribution in [0.15, 0.2) is 11.8 Å². The Bertz CT molecular complexity index is 287. The third-order valence-electron chi connectivity index (χ3n) is 1.99. The van der Waals surface area contributed by atoms with Crippen LogP contribution in [0.2, 0.25) is 0 Å². The van der Waals surface area contributed by atoms with E-state index in [4.69, 9.17) is 0 Å². The van der Waals surface area contributed by atoms with Crippen LogP contribution in [0.4, 0.5) is 0 Å². The minimum atomic E-state index is -0.438. The molecule has 1 amide bonds. The fourth-order valence-electron chi connectivity index (χ4n) is 1.01. The molecular formula is C10H16N2O2. The highest BCUT2D eigenvalue weighted by Gasteiger charge is 2.22. The fourth-order valence-corrected chi connectivity index (χ4v) is 1.01. The van der Waals surface area contributed by atoms with Gasteiger partial charge in [0.2, 0.25) is 0 Å². The molecule has 0 spiro atoms. The van der Waals surface area contributed by atoms with Crippen molar-refractivity contribution in [3.8, 4) is 0 Å². The predicted octanol–water partition coefficient (Wildman–Crippen LogP) is 0.205. The number of allylic oxidation sites excluding steroid dienone is 1. The van der Waals surface area contributed by atoms with Gasteiger partial charge in [0.25, 0.3) is 5.91 Å². The average molecular weight is 196 g/mol. The highest BCUT2D eigenvalue weighted by atomic mass is 16.2. The summed E-state index contributed by atoms with van der Waals surface area (Å²) in [5, 5.41) is 5.57. The van der Waals surface area contributed by atoms with Gasteiger partial charge in [0.1, 0.15) is 5.70 Å². The van der Waals surface area contributed by atoms with E-state index in [-0.39, 0.29) is 11.7 Å². The number of hydrogen-bond acceptors (Lipinski definition) is 3. The lowest BCUT2D eigenvalue weighted by Crippen LogP contribution is -2.43. The molecule has 0 aromatic rings. The van der Waals surface area contributed by atoms with Gasteiger partial charge in [-0.2, -0.15) is 0 Å². The van der Waals surface area contributed by atoms with E-state index >= 15 is 0 Å². The van der Waals surface area contributed by atoms with Crippen LogP contribution in [0.1, 0.15) is 20.8 Å². The first-order valence-corrected chi connectivity index (χ1v) is 4.69. The molecule has 1 rings (SSSR count). The van der Waals surface area contributed by atoms with Gasteiger partial charge in [0, 0.05) is 24.6 Å². The molecule has 1 saturated heterocycles. The Kier molecular flexibility index (Phi) is 2.93. The van der Waals surface area contributed by atoms with E-state index in [0.29, 0.717) is 18.8 Å². The number of rotatable bonds is 1. The van der Waals surface area contributed by atoms with E-state index in [1.807, 2.05) is 20.8 Å². The maximum Gasteiger partial charge on any atom is 0.267 e. The van der Waals surface area contributed by atoms with E-state index in [0.717, 1.165) is 0 Å². The third-order valence-corrected chi connectivity index (χ3v) is 1.99. The highest BCUT2D eigenvalue weighted by Crippen LogP contribution is 2.16. The molecule has 4 heteroatoms. The van der Waals surface area contributed by atoms with Crippen molar-refractivity contribution in [1.82, 2.24) is 10.6 Å². The molecule has 2 N–H and O–H groups in total. The zero-order chi connectivity index (χ0) is 10.8. The lowest BCUT2D eigenvalue weighted by Gasteiger charge is -2.19. The molecule has 1 heterocycles. The number of ketones is 1. The summed E-state index contributed by atoms with van der Waals surface area (Å²) in [6.07, 6.45) is 1.38. The molecule has 1 aliphatic heterocycles. The summed E-state index contributed by atoms with van der Waals surface area (Å²) in [5.74, 6) is -0.245. The topological polar surface area (TPSA) is 58.2 Å². The monoisotopic (exact) mass is 196 g/mol. The molecular weight excluding hydrogens is 180 g/mol. The summed E-state index contributed by atoms with van der Waals surface area (Å²) < 4.78 is 0. The van der Waals surface area contributed by atoms with Gasteiger partial charge in [-0.3, -0.25) is 9.59 Å². The summed E-state index contributed by atoms with van der Waals surface area (Å²) in [7, 11) is 0. The van der Waals surface area contributed by atoms with Crippen molar-refractivity contribution >= 4 is 11.7 Å². The molecule has 0 aromatic carbocycles. The molecule has 0 aliphatic carbocycles. The van der Waals surface area contributed by atoms with Crippen molar-refractivity contribution in [2.75, 3.05) is 13.1 Å². The van der Waals surface area contributed by atoms with Gasteiger partial charge in [-0.25, -0.2) is 0 Å². The molecule has 1 fully saturated rings. The zero-order valence-corrected chi connectivity index (χ0v) is 8.81. The smallest absolute Gasteiger partial charge is 0.267 e. The van der Waals surface area contributed by atoms with Crippen molar-refractivity contribution in [2.24, 2.45) is 5.41 Å². The Labute approximate surface area is 83.8 Å². The van der Waals surface area contributed by atoms with Crippen LogP contribution in [-0.2, 0) is 9.59 Å². The molecule has 4 nitrogen and oxygen atoms in total. The molecule has 0 saturated carbocycles. The molecule has 1 aliphatic rings. The summed E-state index contributed by atoms with van der Waals surface area (Å²) in [4.78, 5) is 22.8. The van der Waals surface area contributed by atoms with Gasteiger partial charge >= 0.3 is 0 Å². The molecule has 0 bridgehead atoms. The van der Waals surface area contributed by atoms with Crippen LogP contribution >= 0.6 is 0 Å². The van der Waals surface area contributed by atoms with E-state index in [1.165, 1.54) is 6.08 Å². The number of hydrogen-bond donors (Lipinski definition) is 2. The summed E-state index contributed by atoms with van der Waals surface area (Å²) in [6.45, 7) is 6.77. The summed E-state index contributed by atoms with van der Waals surface area (Å²) in [5.41, 5.74) is -0.0666. The predicted molar refractivity (Wildman–Crippen MR) is 53.6 cm³/mol. The van der Waals surface area contributed by atoms with E-state index < -0.39 is 5.41 Å². The van der Waals surface area contributed by atoms with Gasteiger partial charge in [-0.15, -0.1) is 0 Å². The Balaban J connectivity index is 2.76. The van der Waals surface area contributed by atoms with Crippen molar-refractivity contribution in [1.29, 1.82) is 0 Å². The number of nitrogens with one attached hydrogen (secondary N) is 2. The summed E-state index contributed by atoms with van der Waals surface area (Å²) in [6, 6.07) is 0. The maximum absolute atomic E-state index is 11.6. The van der Waals surface area contributed by atoms with Crippen molar-refractivity contribution < 1.29 is 9.59 Å². The average Bonchev–Trinajstić information content (AvgIpc) is 2.07. The minimum absolute atomic E-state index is 0.0444. The number of carbonyl (C=O) groups is 2. The Morgan fingerprint density at radius 1 is 1.29 bits per heavy atom. The first kappa shape index (κ1) is 10.8. The van der Waals surface area contributed by atoms with Crippen LogP contribution in [-0.4, -0.2) is 24.8 Å². The number of amides is 1. The van der Waals surface area contributed by atoms with Gasteiger partial charge in [-0.1, -0.05) is 20.8 Å². The quantitative estimate of drug-likeness (QED) is 0.589. The second-order valence-electron chi connectivity index (χ2n) is 4.35. The molecule has 0 unspecified atom stereocenters. The second-order valence-corrected chi connectivity index (χ2v) is 4.35. The normalized spacial score (nSPS) is 20.2. The number of carbonyl (C=O) groups excluding carboxylic acids is 2. The molecule has 0 radical (unpaired) electrons. The fraction of sp³-hybridized carbons (Fsp3) is 0.600. The Morgan fingerprint density at radius 3 is 2.36 bits per heavy atom. The third kappa shape index (κ3) is 2.58. The lowest BCUT2D eigenvalue weighted by atomic mass is 9.90. The molecule has 0 atom stereocenters. The lowest BCUT2D eigenvalue weighted by molar-refractivity contribution is -0.122.